The predicted octanol–water partition coefficient (Wildman–Crippen LogP) is 1.28. The van der Waals surface area contributed by atoms with Crippen LogP contribution in [0, 0.1) is 5.92 Å². The molecule has 0 aromatic rings. The van der Waals surface area contributed by atoms with E-state index >= 15 is 0 Å². The van der Waals surface area contributed by atoms with Gasteiger partial charge in [-0.05, 0) is 38.6 Å². The molecule has 0 unspecified atom stereocenters. The second kappa shape index (κ2) is 12.7. The lowest BCUT2D eigenvalue weighted by Crippen LogP contribution is -2.52. The van der Waals surface area contributed by atoms with Gasteiger partial charge in [-0.25, -0.2) is 0 Å². The third-order valence-electron chi connectivity index (χ3n) is 5.06. The number of amides is 2. The van der Waals surface area contributed by atoms with E-state index in [1.807, 2.05) is 11.9 Å². The van der Waals surface area contributed by atoms with E-state index in [0.717, 1.165) is 51.5 Å². The predicted molar refractivity (Wildman–Crippen MR) is 106 cm³/mol. The average molecular weight is 397 g/mol. The summed E-state index contributed by atoms with van der Waals surface area (Å²) in [6, 6.07) is 0.364. The number of carbonyl (C=O) groups excluding carboxylic acids is 2. The van der Waals surface area contributed by atoms with Crippen LogP contribution in [0.4, 0.5) is 0 Å². The summed E-state index contributed by atoms with van der Waals surface area (Å²) in [5.74, 6) is 1.15. The van der Waals surface area contributed by atoms with Crippen molar-refractivity contribution in [2.75, 3.05) is 46.3 Å². The van der Waals surface area contributed by atoms with E-state index < -0.39 is 0 Å². The number of piperazine rings is 1. The van der Waals surface area contributed by atoms with E-state index in [-0.39, 0.29) is 36.6 Å². The second-order valence-corrected chi connectivity index (χ2v) is 7.03. The fraction of sp³-hybridized carbons (Fsp3) is 0.882. The van der Waals surface area contributed by atoms with Gasteiger partial charge in [0.1, 0.15) is 0 Å². The first-order valence-corrected chi connectivity index (χ1v) is 9.02. The minimum atomic E-state index is 0. The Kier molecular flexibility index (Phi) is 12.5. The van der Waals surface area contributed by atoms with Gasteiger partial charge in [-0.2, -0.15) is 0 Å². The summed E-state index contributed by atoms with van der Waals surface area (Å²) in [5, 5.41) is 6.18. The smallest absolute Gasteiger partial charge is 0.234 e. The number of halogens is 2. The normalized spacial score (nSPS) is 24.0. The summed E-state index contributed by atoms with van der Waals surface area (Å²) in [7, 11) is 1.86. The van der Waals surface area contributed by atoms with E-state index in [1.165, 1.54) is 12.8 Å². The topological polar surface area (TPSA) is 64.7 Å². The highest BCUT2D eigenvalue weighted by Crippen LogP contribution is 2.23. The van der Waals surface area contributed by atoms with Gasteiger partial charge in [0.2, 0.25) is 11.8 Å². The van der Waals surface area contributed by atoms with Gasteiger partial charge in [0, 0.05) is 45.2 Å². The van der Waals surface area contributed by atoms with Crippen molar-refractivity contribution in [1.29, 1.82) is 0 Å². The molecular weight excluding hydrogens is 363 g/mol. The van der Waals surface area contributed by atoms with E-state index in [2.05, 4.69) is 22.5 Å². The number of nitrogens with zero attached hydrogens (tertiary/aromatic N) is 2. The Hall–Kier alpha value is -0.560. The van der Waals surface area contributed by atoms with Crippen molar-refractivity contribution < 1.29 is 9.59 Å². The molecule has 2 aliphatic rings. The summed E-state index contributed by atoms with van der Waals surface area (Å²) in [6.45, 7) is 6.52. The fourth-order valence-corrected chi connectivity index (χ4v) is 3.43. The van der Waals surface area contributed by atoms with Crippen LogP contribution in [-0.2, 0) is 9.59 Å². The van der Waals surface area contributed by atoms with Crippen molar-refractivity contribution in [2.45, 2.75) is 45.1 Å². The van der Waals surface area contributed by atoms with Crippen LogP contribution in [0.3, 0.4) is 0 Å². The molecule has 2 N–H and O–H groups in total. The Balaban J connectivity index is 0.00000288. The highest BCUT2D eigenvalue weighted by atomic mass is 35.5. The molecule has 0 spiro atoms. The molecule has 148 valence electrons. The van der Waals surface area contributed by atoms with Crippen LogP contribution in [0.25, 0.3) is 0 Å². The molecule has 0 radical (unpaired) electrons. The van der Waals surface area contributed by atoms with Crippen molar-refractivity contribution in [3.05, 3.63) is 0 Å². The van der Waals surface area contributed by atoms with Crippen LogP contribution in [0.2, 0.25) is 0 Å². The zero-order chi connectivity index (χ0) is 16.7. The van der Waals surface area contributed by atoms with Crippen LogP contribution in [0.15, 0.2) is 0 Å². The van der Waals surface area contributed by atoms with Crippen LogP contribution < -0.4 is 10.6 Å². The Morgan fingerprint density at radius 2 is 1.60 bits per heavy atom. The molecule has 25 heavy (non-hydrogen) atoms. The summed E-state index contributed by atoms with van der Waals surface area (Å²) in [6.07, 6.45) is 5.22. The number of hydrogen-bond acceptors (Lipinski definition) is 4. The Bertz CT molecular complexity index is 396. The largest absolute Gasteiger partial charge is 0.352 e. The maximum atomic E-state index is 12.2. The molecule has 0 bridgehead atoms. The number of hydrogen-bond donors (Lipinski definition) is 2. The molecular formula is C17H34Cl2N4O2. The van der Waals surface area contributed by atoms with Gasteiger partial charge in [0.05, 0.1) is 6.54 Å². The molecule has 1 saturated carbocycles. The Morgan fingerprint density at radius 3 is 2.16 bits per heavy atom. The Morgan fingerprint density at radius 1 is 1.00 bits per heavy atom. The average Bonchev–Trinajstić information content (AvgIpc) is 2.55. The first-order chi connectivity index (χ1) is 11.1. The zero-order valence-electron chi connectivity index (χ0n) is 15.5. The van der Waals surface area contributed by atoms with Crippen molar-refractivity contribution in [3.63, 3.8) is 0 Å². The van der Waals surface area contributed by atoms with Crippen molar-refractivity contribution >= 4 is 36.6 Å². The van der Waals surface area contributed by atoms with Crippen molar-refractivity contribution in [1.82, 2.24) is 20.4 Å². The highest BCUT2D eigenvalue weighted by Gasteiger charge is 2.24. The first-order valence-electron chi connectivity index (χ1n) is 9.02. The van der Waals surface area contributed by atoms with E-state index in [0.29, 0.717) is 19.0 Å². The molecule has 0 aromatic heterocycles. The molecule has 2 fully saturated rings. The molecule has 0 aromatic carbocycles. The van der Waals surface area contributed by atoms with E-state index in [9.17, 15) is 9.59 Å². The fourth-order valence-electron chi connectivity index (χ4n) is 3.43. The van der Waals surface area contributed by atoms with E-state index in [1.54, 1.807) is 0 Å². The van der Waals surface area contributed by atoms with Gasteiger partial charge in [-0.1, -0.05) is 6.92 Å². The van der Waals surface area contributed by atoms with Crippen LogP contribution in [0.5, 0.6) is 0 Å². The van der Waals surface area contributed by atoms with Gasteiger partial charge in [0.25, 0.3) is 0 Å². The lowest BCUT2D eigenvalue weighted by Gasteiger charge is -2.35. The molecule has 0 atom stereocenters. The SMILES string of the molecule is CNCCC(=O)N1CCN(CC(=O)NC2CCC(C)CC2)CC1.Cl.Cl. The first kappa shape index (κ1) is 24.4. The van der Waals surface area contributed by atoms with Crippen molar-refractivity contribution in [3.8, 4) is 0 Å². The maximum absolute atomic E-state index is 12.2. The van der Waals surface area contributed by atoms with Crippen LogP contribution >= 0.6 is 24.8 Å². The molecule has 1 aliphatic carbocycles. The highest BCUT2D eigenvalue weighted by molar-refractivity contribution is 5.85. The van der Waals surface area contributed by atoms with Gasteiger partial charge in [-0.3, -0.25) is 14.5 Å². The quantitative estimate of drug-likeness (QED) is 0.709. The third-order valence-corrected chi connectivity index (χ3v) is 5.06. The standard InChI is InChI=1S/C17H32N4O2.2ClH/c1-14-3-5-15(6-4-14)19-16(22)13-20-9-11-21(12-10-20)17(23)7-8-18-2;;/h14-15,18H,3-13H2,1-2H3,(H,19,22);2*1H. The zero-order valence-corrected chi connectivity index (χ0v) is 17.1. The van der Waals surface area contributed by atoms with Gasteiger partial charge < -0.3 is 15.5 Å². The molecule has 8 heteroatoms. The molecule has 2 rings (SSSR count). The molecule has 1 saturated heterocycles. The van der Waals surface area contributed by atoms with Gasteiger partial charge >= 0.3 is 0 Å². The molecule has 1 heterocycles. The Labute approximate surface area is 164 Å². The van der Waals surface area contributed by atoms with E-state index in [4.69, 9.17) is 0 Å². The van der Waals surface area contributed by atoms with Crippen LogP contribution in [0.1, 0.15) is 39.0 Å². The third kappa shape index (κ3) is 8.58. The number of carbonyl (C=O) groups is 2. The number of nitrogens with one attached hydrogen (secondary N) is 2. The summed E-state index contributed by atoms with van der Waals surface area (Å²) in [5.41, 5.74) is 0. The lowest BCUT2D eigenvalue weighted by molar-refractivity contribution is -0.133. The number of rotatable bonds is 6. The maximum Gasteiger partial charge on any atom is 0.234 e. The monoisotopic (exact) mass is 396 g/mol. The lowest BCUT2D eigenvalue weighted by atomic mass is 9.87. The molecule has 2 amide bonds. The summed E-state index contributed by atoms with van der Waals surface area (Å²) in [4.78, 5) is 28.2. The summed E-state index contributed by atoms with van der Waals surface area (Å²) < 4.78 is 0. The molecule has 1 aliphatic heterocycles. The van der Waals surface area contributed by atoms with Crippen molar-refractivity contribution in [2.24, 2.45) is 5.92 Å². The van der Waals surface area contributed by atoms with Gasteiger partial charge in [-0.15, -0.1) is 24.8 Å². The minimum absolute atomic E-state index is 0. The molecule has 6 nitrogen and oxygen atoms in total. The minimum Gasteiger partial charge on any atom is -0.352 e. The van der Waals surface area contributed by atoms with Crippen LogP contribution in [-0.4, -0.2) is 74.0 Å². The van der Waals surface area contributed by atoms with Gasteiger partial charge in [0.15, 0.2) is 0 Å². The second-order valence-electron chi connectivity index (χ2n) is 7.03. The summed E-state index contributed by atoms with van der Waals surface area (Å²) >= 11 is 0.